The molecule has 2 heterocycles. The lowest BCUT2D eigenvalue weighted by atomic mass is 9.99. The molecule has 0 aromatic carbocycles. The SMILES string of the molecule is [2H]C([2H])(OP(=O)(O)OP(=O)(O)OP(=O)(O)O)[C@H]1O[C@@H](n2c(C)cc(N)nc2=O)C(Cl)(C#CC)[C@H]1O. The fourth-order valence-corrected chi connectivity index (χ4v) is 5.91. The van der Waals surface area contributed by atoms with Crippen LogP contribution < -0.4 is 11.4 Å². The summed E-state index contributed by atoms with van der Waals surface area (Å²) < 4.78 is 67.6. The summed E-state index contributed by atoms with van der Waals surface area (Å²) in [4.78, 5) is 49.7. The molecule has 3 unspecified atom stereocenters. The Kier molecular flexibility index (Phi) is 7.45. The molecule has 33 heavy (non-hydrogen) atoms. The third-order valence-electron chi connectivity index (χ3n) is 3.77. The Morgan fingerprint density at radius 3 is 2.45 bits per heavy atom. The molecule has 0 bridgehead atoms. The van der Waals surface area contributed by atoms with Gasteiger partial charge in [-0.15, -0.1) is 5.92 Å². The third-order valence-corrected chi connectivity index (χ3v) is 7.94. The van der Waals surface area contributed by atoms with Crippen molar-refractivity contribution in [2.75, 3.05) is 12.3 Å². The van der Waals surface area contributed by atoms with Gasteiger partial charge in [-0.2, -0.15) is 13.6 Å². The van der Waals surface area contributed by atoms with Gasteiger partial charge in [0.2, 0.25) is 0 Å². The number of ether oxygens (including phenoxy) is 1. The second-order valence-corrected chi connectivity index (χ2v) is 11.2. The number of phosphoric ester groups is 1. The maximum absolute atomic E-state index is 12.4. The number of alkyl halides is 1. The van der Waals surface area contributed by atoms with Crippen LogP contribution in [0, 0.1) is 18.8 Å². The van der Waals surface area contributed by atoms with E-state index in [1.54, 1.807) is 0 Å². The van der Waals surface area contributed by atoms with Crippen LogP contribution in [0.15, 0.2) is 10.9 Å². The van der Waals surface area contributed by atoms with Crippen LogP contribution in [0.25, 0.3) is 0 Å². The summed E-state index contributed by atoms with van der Waals surface area (Å²) in [6, 6.07) is 1.22. The van der Waals surface area contributed by atoms with Gasteiger partial charge in [-0.05, 0) is 19.9 Å². The number of aliphatic hydroxyl groups excluding tert-OH is 1. The first-order valence-electron chi connectivity index (χ1n) is 9.31. The summed E-state index contributed by atoms with van der Waals surface area (Å²) in [5.41, 5.74) is 4.57. The molecule has 1 aromatic heterocycles. The summed E-state index contributed by atoms with van der Waals surface area (Å²) in [6.07, 6.45) is -6.26. The lowest BCUT2D eigenvalue weighted by Gasteiger charge is -2.27. The van der Waals surface area contributed by atoms with Gasteiger partial charge in [0, 0.05) is 5.69 Å². The quantitative estimate of drug-likeness (QED) is 0.137. The predicted octanol–water partition coefficient (Wildman–Crippen LogP) is -0.264. The van der Waals surface area contributed by atoms with Gasteiger partial charge in [-0.3, -0.25) is 9.09 Å². The Labute approximate surface area is 193 Å². The second-order valence-electron chi connectivity index (χ2n) is 6.27. The van der Waals surface area contributed by atoms with Gasteiger partial charge in [0.05, 0.1) is 9.30 Å². The number of nitrogens with zero attached hydrogens (tertiary/aromatic N) is 2. The summed E-state index contributed by atoms with van der Waals surface area (Å²) in [5, 5.41) is 10.7. The topological polar surface area (TPSA) is 250 Å². The number of aromatic nitrogens is 2. The smallest absolute Gasteiger partial charge is 0.387 e. The van der Waals surface area contributed by atoms with Crippen LogP contribution in [0.3, 0.4) is 0 Å². The van der Waals surface area contributed by atoms with Crippen LogP contribution in [0.1, 0.15) is 21.6 Å². The molecule has 2 rings (SSSR count). The molecule has 0 aliphatic carbocycles. The van der Waals surface area contributed by atoms with E-state index < -0.39 is 59.0 Å². The molecule has 1 saturated heterocycles. The first-order chi connectivity index (χ1) is 15.6. The molecule has 1 aliphatic heterocycles. The molecular weight excluding hydrogens is 535 g/mol. The number of nitrogen functional groups attached to an aromatic ring is 1. The molecule has 16 nitrogen and oxygen atoms in total. The van der Waals surface area contributed by atoms with Crippen LogP contribution in [-0.4, -0.2) is 57.9 Å². The molecule has 6 atom stereocenters. The molecule has 0 radical (unpaired) electrons. The summed E-state index contributed by atoms with van der Waals surface area (Å²) in [5.74, 6) is 4.55. The van der Waals surface area contributed by atoms with Gasteiger partial charge < -0.3 is 35.2 Å². The van der Waals surface area contributed by atoms with Gasteiger partial charge in [-0.25, -0.2) is 18.5 Å². The van der Waals surface area contributed by atoms with Crippen LogP contribution in [0.4, 0.5) is 5.82 Å². The van der Waals surface area contributed by atoms with Crippen LogP contribution in [-0.2, 0) is 31.6 Å². The third kappa shape index (κ3) is 6.94. The molecule has 186 valence electrons. The molecule has 7 N–H and O–H groups in total. The minimum atomic E-state index is -6.00. The van der Waals surface area contributed by atoms with Gasteiger partial charge in [0.15, 0.2) is 11.1 Å². The monoisotopic (exact) mass is 555 g/mol. The maximum Gasteiger partial charge on any atom is 0.490 e. The lowest BCUT2D eigenvalue weighted by molar-refractivity contribution is -0.0461. The number of aliphatic hydroxyl groups is 1. The first-order valence-corrected chi connectivity index (χ1v) is 13.2. The molecule has 20 heteroatoms. The van der Waals surface area contributed by atoms with Crippen molar-refractivity contribution in [1.29, 1.82) is 0 Å². The van der Waals surface area contributed by atoms with Crippen molar-refractivity contribution in [3.05, 3.63) is 22.2 Å². The van der Waals surface area contributed by atoms with Crippen molar-refractivity contribution < 1.29 is 59.0 Å². The van der Waals surface area contributed by atoms with E-state index in [4.69, 9.17) is 34.6 Å². The number of nitrogens with two attached hydrogens (primary N) is 1. The van der Waals surface area contributed by atoms with Crippen LogP contribution in [0.5, 0.6) is 0 Å². The van der Waals surface area contributed by atoms with E-state index in [0.717, 1.165) is 4.57 Å². The summed E-state index contributed by atoms with van der Waals surface area (Å²) in [7, 11) is -17.7. The predicted molar refractivity (Wildman–Crippen MR) is 109 cm³/mol. The summed E-state index contributed by atoms with van der Waals surface area (Å²) in [6.45, 7) is -0.909. The minimum absolute atomic E-state index is 0.0942. The molecule has 0 spiro atoms. The van der Waals surface area contributed by atoms with E-state index >= 15 is 0 Å². The first kappa shape index (κ1) is 25.0. The number of hydrogen-bond donors (Lipinski definition) is 6. The number of rotatable bonds is 8. The molecule has 1 aromatic rings. The number of halogens is 1. The van der Waals surface area contributed by atoms with Crippen molar-refractivity contribution in [1.82, 2.24) is 9.55 Å². The van der Waals surface area contributed by atoms with Gasteiger partial charge in [-0.1, -0.05) is 17.5 Å². The Hall–Kier alpha value is -1.14. The summed E-state index contributed by atoms with van der Waals surface area (Å²) >= 11 is 6.41. The fraction of sp³-hybridized carbons (Fsp3) is 0.538. The number of phosphoric acid groups is 3. The standard InChI is InChI=1S/C13H19ClN3O13P3/c1-3-4-13(14)10(18)8(28-11(13)17-7(2)5-9(15)16-12(17)19)6-27-32(23,24)30-33(25,26)29-31(20,21)22/h5,8,10-11,18H,6H2,1-2H3,(H,23,24)(H,25,26)(H2,15,16,19)(H2,20,21,22)/t8-,10+,11-,13?/m1/s1/i6D2. The van der Waals surface area contributed by atoms with E-state index in [1.165, 1.54) is 19.9 Å². The Bertz CT molecular complexity index is 1260. The normalized spacial score (nSPS) is 30.4. The van der Waals surface area contributed by atoms with E-state index in [9.17, 15) is 33.4 Å². The van der Waals surface area contributed by atoms with Crippen molar-refractivity contribution in [3.8, 4) is 11.8 Å². The highest BCUT2D eigenvalue weighted by Crippen LogP contribution is 2.66. The van der Waals surface area contributed by atoms with E-state index in [1.807, 2.05) is 0 Å². The molecule has 0 amide bonds. The number of anilines is 1. The Morgan fingerprint density at radius 2 is 1.94 bits per heavy atom. The zero-order valence-corrected chi connectivity index (χ0v) is 19.9. The fourth-order valence-electron chi connectivity index (χ4n) is 2.68. The van der Waals surface area contributed by atoms with Crippen molar-refractivity contribution in [3.63, 3.8) is 0 Å². The Balaban J connectivity index is 2.45. The second kappa shape index (κ2) is 9.85. The Morgan fingerprint density at radius 1 is 1.33 bits per heavy atom. The van der Waals surface area contributed by atoms with Gasteiger partial charge in [0.1, 0.15) is 18.0 Å². The molecular formula is C13H19ClN3O13P3. The van der Waals surface area contributed by atoms with Crippen molar-refractivity contribution >= 4 is 40.9 Å². The number of aryl methyl sites for hydroxylation is 1. The largest absolute Gasteiger partial charge is 0.490 e. The highest BCUT2D eigenvalue weighted by Gasteiger charge is 2.57. The van der Waals surface area contributed by atoms with E-state index in [0.29, 0.717) is 0 Å². The number of hydrogen-bond acceptors (Lipinski definition) is 11. The van der Waals surface area contributed by atoms with Crippen LogP contribution >= 0.6 is 35.1 Å². The molecule has 1 fully saturated rings. The zero-order valence-electron chi connectivity index (χ0n) is 18.5. The highest BCUT2D eigenvalue weighted by molar-refractivity contribution is 7.66. The molecule has 0 saturated carbocycles. The van der Waals surface area contributed by atoms with E-state index in [-0.39, 0.29) is 11.5 Å². The van der Waals surface area contributed by atoms with Crippen LogP contribution in [0.2, 0.25) is 0 Å². The van der Waals surface area contributed by atoms with Crippen molar-refractivity contribution in [2.45, 2.75) is 37.2 Å². The van der Waals surface area contributed by atoms with E-state index in [2.05, 4.69) is 30.0 Å². The molecule has 1 aliphatic rings. The lowest BCUT2D eigenvalue weighted by Crippen LogP contribution is -2.44. The zero-order chi connectivity index (χ0) is 27.2. The highest BCUT2D eigenvalue weighted by atomic mass is 35.5. The average Bonchev–Trinajstić information content (AvgIpc) is 2.83. The average molecular weight is 556 g/mol. The van der Waals surface area contributed by atoms with Crippen molar-refractivity contribution in [2.24, 2.45) is 0 Å². The van der Waals surface area contributed by atoms with Gasteiger partial charge in [0.25, 0.3) is 0 Å². The van der Waals surface area contributed by atoms with Gasteiger partial charge >= 0.3 is 29.2 Å². The minimum Gasteiger partial charge on any atom is -0.387 e. The maximum atomic E-state index is 12.4.